The fourth-order valence-corrected chi connectivity index (χ4v) is 2.00. The van der Waals surface area contributed by atoms with Crippen LogP contribution in [-0.2, 0) is 6.42 Å². The van der Waals surface area contributed by atoms with Gasteiger partial charge in [-0.1, -0.05) is 27.7 Å². The van der Waals surface area contributed by atoms with E-state index in [2.05, 4.69) is 43.0 Å². The Kier molecular flexibility index (Phi) is 6.05. The normalized spacial score (nSPS) is 14.6. The Labute approximate surface area is 110 Å². The zero-order valence-corrected chi connectivity index (χ0v) is 12.1. The molecule has 4 nitrogen and oxygen atoms in total. The van der Waals surface area contributed by atoms with Crippen LogP contribution in [0.5, 0.6) is 5.88 Å². The minimum atomic E-state index is 0.439. The zero-order chi connectivity index (χ0) is 13.5. The van der Waals surface area contributed by atoms with Crippen LogP contribution in [0.1, 0.15) is 33.4 Å². The van der Waals surface area contributed by atoms with E-state index in [1.54, 1.807) is 13.4 Å². The lowest BCUT2D eigenvalue weighted by Crippen LogP contribution is -2.39. The highest BCUT2D eigenvalue weighted by Crippen LogP contribution is 2.18. The molecule has 0 bridgehead atoms. The third kappa shape index (κ3) is 4.26. The van der Waals surface area contributed by atoms with Crippen molar-refractivity contribution < 1.29 is 4.74 Å². The maximum absolute atomic E-state index is 5.13. The van der Waals surface area contributed by atoms with Crippen LogP contribution < -0.4 is 10.1 Å². The van der Waals surface area contributed by atoms with Gasteiger partial charge < -0.3 is 10.1 Å². The van der Waals surface area contributed by atoms with Crippen molar-refractivity contribution in [1.29, 1.82) is 0 Å². The van der Waals surface area contributed by atoms with Gasteiger partial charge in [-0.2, -0.15) is 0 Å². The van der Waals surface area contributed by atoms with Crippen molar-refractivity contribution in [3.05, 3.63) is 18.1 Å². The quantitative estimate of drug-likeness (QED) is 0.807. The number of aromatic nitrogens is 2. The van der Waals surface area contributed by atoms with E-state index < -0.39 is 0 Å². The average Bonchev–Trinajstić information content (AvgIpc) is 2.37. The highest BCUT2D eigenvalue weighted by atomic mass is 16.5. The molecule has 0 radical (unpaired) electrons. The number of nitrogens with one attached hydrogen (secondary N) is 1. The molecule has 2 atom stereocenters. The topological polar surface area (TPSA) is 47.0 Å². The summed E-state index contributed by atoms with van der Waals surface area (Å²) in [5.41, 5.74) is 1.03. The molecule has 18 heavy (non-hydrogen) atoms. The zero-order valence-electron chi connectivity index (χ0n) is 12.1. The average molecular weight is 251 g/mol. The van der Waals surface area contributed by atoms with Crippen molar-refractivity contribution in [3.8, 4) is 5.88 Å². The van der Waals surface area contributed by atoms with Gasteiger partial charge in [-0.3, -0.25) is 0 Å². The summed E-state index contributed by atoms with van der Waals surface area (Å²) in [5, 5.41) is 3.55. The summed E-state index contributed by atoms with van der Waals surface area (Å²) in [4.78, 5) is 8.36. The Morgan fingerprint density at radius 3 is 2.56 bits per heavy atom. The smallest absolute Gasteiger partial charge is 0.216 e. The standard InChI is InChI=1S/C14H25N3O/c1-6-15-13(11(4)10(2)3)7-12-8-14(18-5)17-9-16-12/h8-11,13,15H,6-7H2,1-5H3. The summed E-state index contributed by atoms with van der Waals surface area (Å²) >= 11 is 0. The monoisotopic (exact) mass is 251 g/mol. The second-order valence-electron chi connectivity index (χ2n) is 5.02. The highest BCUT2D eigenvalue weighted by molar-refractivity contribution is 5.14. The van der Waals surface area contributed by atoms with Gasteiger partial charge in [-0.15, -0.1) is 0 Å². The van der Waals surface area contributed by atoms with Crippen molar-refractivity contribution in [2.75, 3.05) is 13.7 Å². The first-order valence-electron chi connectivity index (χ1n) is 6.66. The van der Waals surface area contributed by atoms with Crippen LogP contribution in [0.4, 0.5) is 0 Å². The molecule has 1 N–H and O–H groups in total. The van der Waals surface area contributed by atoms with E-state index >= 15 is 0 Å². The number of likely N-dealkylation sites (N-methyl/N-ethyl adjacent to an activating group) is 1. The number of hydrogen-bond donors (Lipinski definition) is 1. The number of ether oxygens (including phenoxy) is 1. The van der Waals surface area contributed by atoms with Gasteiger partial charge in [-0.25, -0.2) is 9.97 Å². The molecule has 1 aromatic heterocycles. The first-order valence-corrected chi connectivity index (χ1v) is 6.66. The van der Waals surface area contributed by atoms with Gasteiger partial charge in [0.2, 0.25) is 5.88 Å². The second-order valence-corrected chi connectivity index (χ2v) is 5.02. The molecule has 0 saturated carbocycles. The molecule has 2 unspecified atom stereocenters. The summed E-state index contributed by atoms with van der Waals surface area (Å²) in [6, 6.07) is 2.35. The SMILES string of the molecule is CCNC(Cc1cc(OC)ncn1)C(C)C(C)C. The predicted octanol–water partition coefficient (Wildman–Crippen LogP) is 2.30. The third-order valence-corrected chi connectivity index (χ3v) is 3.49. The van der Waals surface area contributed by atoms with Crippen LogP contribution in [0.15, 0.2) is 12.4 Å². The molecule has 1 rings (SSSR count). The fraction of sp³-hybridized carbons (Fsp3) is 0.714. The molecule has 4 heteroatoms. The van der Waals surface area contributed by atoms with E-state index in [1.165, 1.54) is 0 Å². The number of nitrogens with zero attached hydrogens (tertiary/aromatic N) is 2. The van der Waals surface area contributed by atoms with E-state index in [9.17, 15) is 0 Å². The second kappa shape index (κ2) is 7.31. The molecule has 0 spiro atoms. The number of methoxy groups -OCH3 is 1. The maximum Gasteiger partial charge on any atom is 0.216 e. The largest absolute Gasteiger partial charge is 0.481 e. The summed E-state index contributed by atoms with van der Waals surface area (Å²) < 4.78 is 5.13. The number of rotatable bonds is 7. The molecule has 0 aliphatic carbocycles. The van der Waals surface area contributed by atoms with Crippen LogP contribution in [0.2, 0.25) is 0 Å². The van der Waals surface area contributed by atoms with E-state index in [1.807, 2.05) is 6.07 Å². The highest BCUT2D eigenvalue weighted by Gasteiger charge is 2.20. The lowest BCUT2D eigenvalue weighted by Gasteiger charge is -2.27. The van der Waals surface area contributed by atoms with Crippen molar-refractivity contribution in [2.24, 2.45) is 11.8 Å². The van der Waals surface area contributed by atoms with E-state index in [4.69, 9.17) is 4.74 Å². The molecule has 102 valence electrons. The van der Waals surface area contributed by atoms with Gasteiger partial charge in [0.1, 0.15) is 6.33 Å². The summed E-state index contributed by atoms with van der Waals surface area (Å²) in [5.74, 6) is 1.89. The molecule has 0 amide bonds. The van der Waals surface area contributed by atoms with Crippen LogP contribution in [0.25, 0.3) is 0 Å². The Morgan fingerprint density at radius 2 is 2.00 bits per heavy atom. The van der Waals surface area contributed by atoms with Gasteiger partial charge in [0.15, 0.2) is 0 Å². The van der Waals surface area contributed by atoms with Gasteiger partial charge in [0, 0.05) is 24.2 Å². The van der Waals surface area contributed by atoms with E-state index in [0.29, 0.717) is 23.8 Å². The van der Waals surface area contributed by atoms with Gasteiger partial charge in [0.05, 0.1) is 7.11 Å². The van der Waals surface area contributed by atoms with Crippen LogP contribution in [0, 0.1) is 11.8 Å². The number of hydrogen-bond acceptors (Lipinski definition) is 4. The lowest BCUT2D eigenvalue weighted by molar-refractivity contribution is 0.298. The van der Waals surface area contributed by atoms with Crippen LogP contribution >= 0.6 is 0 Å². The Morgan fingerprint density at radius 1 is 1.28 bits per heavy atom. The summed E-state index contributed by atoms with van der Waals surface area (Å²) in [7, 11) is 1.63. The molecule has 0 saturated heterocycles. The molecule has 0 aliphatic rings. The van der Waals surface area contributed by atoms with Crippen molar-refractivity contribution >= 4 is 0 Å². The first-order chi connectivity index (χ1) is 8.58. The van der Waals surface area contributed by atoms with Crippen molar-refractivity contribution in [3.63, 3.8) is 0 Å². The molecule has 0 fully saturated rings. The molecule has 0 aromatic carbocycles. The molecular weight excluding hydrogens is 226 g/mol. The lowest BCUT2D eigenvalue weighted by atomic mass is 9.87. The Hall–Kier alpha value is -1.16. The maximum atomic E-state index is 5.13. The summed E-state index contributed by atoms with van der Waals surface area (Å²) in [6.45, 7) is 9.92. The van der Waals surface area contributed by atoms with E-state index in [0.717, 1.165) is 18.7 Å². The van der Waals surface area contributed by atoms with E-state index in [-0.39, 0.29) is 0 Å². The van der Waals surface area contributed by atoms with Crippen LogP contribution in [0.3, 0.4) is 0 Å². The Bertz CT molecular complexity index is 355. The minimum Gasteiger partial charge on any atom is -0.481 e. The Balaban J connectivity index is 2.75. The molecule has 0 aliphatic heterocycles. The first kappa shape index (κ1) is 14.9. The van der Waals surface area contributed by atoms with Gasteiger partial charge in [-0.05, 0) is 18.4 Å². The van der Waals surface area contributed by atoms with Gasteiger partial charge >= 0.3 is 0 Å². The third-order valence-electron chi connectivity index (χ3n) is 3.49. The fourth-order valence-electron chi connectivity index (χ4n) is 2.00. The van der Waals surface area contributed by atoms with Crippen molar-refractivity contribution in [2.45, 2.75) is 40.2 Å². The molecule has 1 heterocycles. The van der Waals surface area contributed by atoms with Crippen LogP contribution in [-0.4, -0.2) is 29.7 Å². The molecule has 1 aromatic rings. The predicted molar refractivity (Wildman–Crippen MR) is 73.8 cm³/mol. The van der Waals surface area contributed by atoms with Crippen molar-refractivity contribution in [1.82, 2.24) is 15.3 Å². The summed E-state index contributed by atoms with van der Waals surface area (Å²) in [6.07, 6.45) is 2.48. The molecular formula is C14H25N3O. The minimum absolute atomic E-state index is 0.439. The van der Waals surface area contributed by atoms with Gasteiger partial charge in [0.25, 0.3) is 0 Å².